The van der Waals surface area contributed by atoms with Gasteiger partial charge in [0, 0.05) is 11.1 Å². The molecule has 8 nitrogen and oxygen atoms in total. The molecular weight excluding hydrogens is 722 g/mol. The van der Waals surface area contributed by atoms with Crippen molar-refractivity contribution in [1.29, 1.82) is 0 Å². The van der Waals surface area contributed by atoms with Crippen LogP contribution < -0.4 is 30.2 Å². The van der Waals surface area contributed by atoms with Gasteiger partial charge in [0.05, 0.1) is 56.5 Å². The van der Waals surface area contributed by atoms with Gasteiger partial charge in [-0.25, -0.2) is 0 Å². The number of ether oxygens (including phenoxy) is 2. The molecule has 0 radical (unpaired) electrons. The maximum atomic E-state index is 6.66. The molecule has 2 fully saturated rings. The van der Waals surface area contributed by atoms with Crippen molar-refractivity contribution in [3.8, 4) is 34.1 Å². The van der Waals surface area contributed by atoms with Crippen LogP contribution in [0.5, 0.6) is 23.0 Å². The Morgan fingerprint density at radius 3 is 0.914 bits per heavy atom. The van der Waals surface area contributed by atoms with Gasteiger partial charge >= 0.3 is 14.2 Å². The molecule has 0 unspecified atom stereocenters. The lowest BCUT2D eigenvalue weighted by Gasteiger charge is -2.36. The summed E-state index contributed by atoms with van der Waals surface area (Å²) in [7, 11) is -1.15. The molecule has 0 atom stereocenters. The Labute approximate surface area is 341 Å². The molecule has 0 amide bonds. The zero-order chi connectivity index (χ0) is 40.2. The number of benzene rings is 6. The van der Waals surface area contributed by atoms with Crippen molar-refractivity contribution in [2.75, 3.05) is 9.80 Å². The summed E-state index contributed by atoms with van der Waals surface area (Å²) in [6.45, 7) is 16.7. The molecule has 4 aliphatic heterocycles. The van der Waals surface area contributed by atoms with E-state index in [2.05, 4.69) is 126 Å². The summed E-state index contributed by atoms with van der Waals surface area (Å²) in [5, 5.41) is 0. The third-order valence-electron chi connectivity index (χ3n) is 12.7. The van der Waals surface area contributed by atoms with Gasteiger partial charge in [-0.1, -0.05) is 72.8 Å². The van der Waals surface area contributed by atoms with Gasteiger partial charge in [0.1, 0.15) is 0 Å². The molecule has 4 aliphatic rings. The largest absolute Gasteiger partial charge is 0.494 e. The molecule has 58 heavy (non-hydrogen) atoms. The number of rotatable bonds is 5. The van der Waals surface area contributed by atoms with E-state index in [1.54, 1.807) is 0 Å². The lowest BCUT2D eigenvalue weighted by molar-refractivity contribution is 0.00578. The van der Waals surface area contributed by atoms with Crippen LogP contribution in [0.1, 0.15) is 55.4 Å². The summed E-state index contributed by atoms with van der Waals surface area (Å²) in [6.07, 6.45) is 0. The molecular formula is C48H46B2N2O6. The standard InChI is InChI=1S/C48H46B2N2O6/c1-45(2)46(3,4)56-49(55-45)31-25-27-33(39(29-31)51-35-17-9-13-21-41(35)53-42-22-14-10-18-36(42)51)34-28-26-32(50-57-47(5,6)48(7,8)58-50)30-40(34)52-37-19-11-15-23-43(37)54-44-24-16-12-20-38(44)52/h9-30H,1-8H3. The van der Waals surface area contributed by atoms with E-state index in [0.29, 0.717) is 0 Å². The maximum Gasteiger partial charge on any atom is 0.494 e. The van der Waals surface area contributed by atoms with Gasteiger partial charge in [0.15, 0.2) is 23.0 Å². The monoisotopic (exact) mass is 768 g/mol. The van der Waals surface area contributed by atoms with E-state index in [1.165, 1.54) is 0 Å². The molecule has 2 saturated heterocycles. The fraction of sp³-hybridized carbons (Fsp3) is 0.250. The zero-order valence-electron chi connectivity index (χ0n) is 34.2. The fourth-order valence-electron chi connectivity index (χ4n) is 8.10. The van der Waals surface area contributed by atoms with Crippen LogP contribution in [0.2, 0.25) is 0 Å². The number of para-hydroxylation sites is 8. The van der Waals surface area contributed by atoms with Crippen molar-refractivity contribution in [2.45, 2.75) is 77.8 Å². The first kappa shape index (κ1) is 36.8. The third kappa shape index (κ3) is 5.76. The van der Waals surface area contributed by atoms with E-state index in [4.69, 9.17) is 28.1 Å². The first-order chi connectivity index (χ1) is 27.7. The second-order valence-corrected chi connectivity index (χ2v) is 17.5. The average Bonchev–Trinajstić information content (AvgIpc) is 3.57. The van der Waals surface area contributed by atoms with Crippen molar-refractivity contribution < 1.29 is 28.1 Å². The van der Waals surface area contributed by atoms with Crippen molar-refractivity contribution in [1.82, 2.24) is 0 Å². The lowest BCUT2D eigenvalue weighted by atomic mass is 9.76. The van der Waals surface area contributed by atoms with Crippen molar-refractivity contribution >= 4 is 59.3 Å². The second kappa shape index (κ2) is 13.0. The third-order valence-corrected chi connectivity index (χ3v) is 12.7. The van der Waals surface area contributed by atoms with E-state index in [9.17, 15) is 0 Å². The summed E-state index contributed by atoms with van der Waals surface area (Å²) in [4.78, 5) is 4.59. The Morgan fingerprint density at radius 2 is 0.621 bits per heavy atom. The highest BCUT2D eigenvalue weighted by molar-refractivity contribution is 6.63. The molecule has 0 aliphatic carbocycles. The quantitative estimate of drug-likeness (QED) is 0.160. The van der Waals surface area contributed by atoms with Crippen LogP contribution in [0.4, 0.5) is 34.1 Å². The van der Waals surface area contributed by atoms with E-state index in [-0.39, 0.29) is 0 Å². The van der Waals surface area contributed by atoms with Crippen LogP contribution in [0.3, 0.4) is 0 Å². The van der Waals surface area contributed by atoms with Gasteiger partial charge in [-0.15, -0.1) is 0 Å². The molecule has 0 aromatic heterocycles. The van der Waals surface area contributed by atoms with E-state index in [1.807, 2.05) is 72.8 Å². The summed E-state index contributed by atoms with van der Waals surface area (Å²) >= 11 is 0. The van der Waals surface area contributed by atoms with Crippen LogP contribution >= 0.6 is 0 Å². The Hall–Kier alpha value is -5.51. The maximum absolute atomic E-state index is 6.66. The van der Waals surface area contributed by atoms with Gasteiger partial charge in [-0.05, 0) is 127 Å². The summed E-state index contributed by atoms with van der Waals surface area (Å²) in [5.74, 6) is 3.06. The number of hydrogen-bond donors (Lipinski definition) is 0. The predicted molar refractivity (Wildman–Crippen MR) is 233 cm³/mol. The molecule has 0 saturated carbocycles. The van der Waals surface area contributed by atoms with Crippen LogP contribution in [0.25, 0.3) is 11.1 Å². The van der Waals surface area contributed by atoms with E-state index in [0.717, 1.165) is 79.2 Å². The van der Waals surface area contributed by atoms with Crippen LogP contribution in [0.15, 0.2) is 133 Å². The predicted octanol–water partition coefficient (Wildman–Crippen LogP) is 11.1. The SMILES string of the molecule is CC1(C)OB(c2ccc(-c3ccc(B4OC(C)(C)C(C)(C)O4)cc3N3c4ccccc4Oc4ccccc43)c(N3c4ccccc4Oc4ccccc43)c2)OC1(C)C. The van der Waals surface area contributed by atoms with Gasteiger partial charge in [-0.2, -0.15) is 0 Å². The number of fused-ring (bicyclic) bond motifs is 4. The molecule has 6 aromatic carbocycles. The number of hydrogen-bond acceptors (Lipinski definition) is 8. The summed E-state index contributed by atoms with van der Waals surface area (Å²) in [6, 6.07) is 45.8. The van der Waals surface area contributed by atoms with Crippen LogP contribution in [-0.4, -0.2) is 36.6 Å². The van der Waals surface area contributed by atoms with Crippen LogP contribution in [-0.2, 0) is 18.6 Å². The Balaban J connectivity index is 1.24. The van der Waals surface area contributed by atoms with Crippen molar-refractivity contribution in [3.63, 3.8) is 0 Å². The normalized spacial score (nSPS) is 19.1. The molecule has 0 spiro atoms. The summed E-state index contributed by atoms with van der Waals surface area (Å²) < 4.78 is 39.7. The average molecular weight is 769 g/mol. The molecule has 10 heteroatoms. The minimum Gasteiger partial charge on any atom is -0.453 e. The summed E-state index contributed by atoms with van der Waals surface area (Å²) in [5.41, 5.74) is 7.33. The van der Waals surface area contributed by atoms with Crippen molar-refractivity contribution in [2.24, 2.45) is 0 Å². The van der Waals surface area contributed by atoms with E-state index >= 15 is 0 Å². The van der Waals surface area contributed by atoms with Gasteiger partial charge in [0.2, 0.25) is 0 Å². The molecule has 10 rings (SSSR count). The molecule has 0 bridgehead atoms. The smallest absolute Gasteiger partial charge is 0.453 e. The highest BCUT2D eigenvalue weighted by Gasteiger charge is 2.53. The Morgan fingerprint density at radius 1 is 0.345 bits per heavy atom. The Kier molecular flexibility index (Phi) is 8.25. The van der Waals surface area contributed by atoms with Gasteiger partial charge in [-0.3, -0.25) is 0 Å². The highest BCUT2D eigenvalue weighted by Crippen LogP contribution is 2.56. The topological polar surface area (TPSA) is 61.9 Å². The van der Waals surface area contributed by atoms with Gasteiger partial charge in [0.25, 0.3) is 0 Å². The fourth-order valence-corrected chi connectivity index (χ4v) is 8.10. The lowest BCUT2D eigenvalue weighted by Crippen LogP contribution is -2.41. The first-order valence-electron chi connectivity index (χ1n) is 20.0. The minimum atomic E-state index is -0.576. The molecule has 6 aromatic rings. The second-order valence-electron chi connectivity index (χ2n) is 17.5. The first-order valence-corrected chi connectivity index (χ1v) is 20.0. The Bertz CT molecular complexity index is 2300. The molecule has 290 valence electrons. The van der Waals surface area contributed by atoms with Crippen molar-refractivity contribution in [3.05, 3.63) is 133 Å². The zero-order valence-corrected chi connectivity index (χ0v) is 34.2. The number of anilines is 6. The van der Waals surface area contributed by atoms with Gasteiger partial charge < -0.3 is 37.9 Å². The highest BCUT2D eigenvalue weighted by atomic mass is 16.7. The molecule has 4 heterocycles. The molecule has 0 N–H and O–H groups in total. The van der Waals surface area contributed by atoms with E-state index < -0.39 is 36.6 Å². The van der Waals surface area contributed by atoms with Crippen LogP contribution in [0, 0.1) is 0 Å². The minimum absolute atomic E-state index is 0.512. The number of nitrogens with zero attached hydrogens (tertiary/aromatic N) is 2.